The van der Waals surface area contributed by atoms with E-state index in [-0.39, 0.29) is 5.41 Å². The van der Waals surface area contributed by atoms with Crippen molar-refractivity contribution < 1.29 is 17.7 Å². The van der Waals surface area contributed by atoms with E-state index in [4.69, 9.17) is 10.6 Å². The number of aliphatic hydroxyl groups is 1. The van der Waals surface area contributed by atoms with E-state index >= 15 is 0 Å². The molecule has 3 aliphatic rings. The van der Waals surface area contributed by atoms with Crippen LogP contribution < -0.4 is 4.18 Å². The average Bonchev–Trinajstić information content (AvgIpc) is 2.92. The molecular weight excluding hydrogens is 372 g/mol. The Hall–Kier alpha value is -1.51. The Labute approximate surface area is 168 Å². The van der Waals surface area contributed by atoms with E-state index in [0.29, 0.717) is 29.9 Å². The van der Waals surface area contributed by atoms with Crippen molar-refractivity contribution in [2.24, 2.45) is 17.3 Å². The molecule has 2 fully saturated rings. The van der Waals surface area contributed by atoms with Crippen LogP contribution in [-0.4, -0.2) is 24.4 Å². The van der Waals surface area contributed by atoms with E-state index < -0.39 is 21.0 Å². The largest absolute Gasteiger partial charge is 0.382 e. The van der Waals surface area contributed by atoms with Gasteiger partial charge in [-0.2, -0.15) is 8.42 Å². The molecule has 1 aromatic carbocycles. The number of fused-ring (bicyclic) bond motifs is 5. The molecule has 5 atom stereocenters. The molecule has 0 aliphatic heterocycles. The SMILES string of the molecule is C#CC1(O)CCC2C3CCc4cc(OS(=O)(=O)C(C)C)ccc4C3CCC21C. The zero-order chi connectivity index (χ0) is 20.3. The summed E-state index contributed by atoms with van der Waals surface area (Å²) in [4.78, 5) is 0. The average molecular weight is 403 g/mol. The minimum atomic E-state index is -3.58. The lowest BCUT2D eigenvalue weighted by Crippen LogP contribution is -2.50. The first-order chi connectivity index (χ1) is 13.1. The molecule has 0 radical (unpaired) electrons. The molecule has 0 heterocycles. The fraction of sp³-hybridized carbons (Fsp3) is 0.652. The predicted molar refractivity (Wildman–Crippen MR) is 110 cm³/mol. The molecule has 152 valence electrons. The molecule has 4 nitrogen and oxygen atoms in total. The monoisotopic (exact) mass is 402 g/mol. The highest BCUT2D eigenvalue weighted by atomic mass is 32.2. The summed E-state index contributed by atoms with van der Waals surface area (Å²) in [6, 6.07) is 5.76. The number of hydrogen-bond acceptors (Lipinski definition) is 4. The molecule has 0 spiro atoms. The van der Waals surface area contributed by atoms with Crippen LogP contribution in [0.3, 0.4) is 0 Å². The third-order valence-corrected chi connectivity index (χ3v) is 9.46. The van der Waals surface area contributed by atoms with E-state index in [1.165, 1.54) is 11.1 Å². The normalized spacial score (nSPS) is 36.9. The van der Waals surface area contributed by atoms with E-state index in [2.05, 4.69) is 18.9 Å². The van der Waals surface area contributed by atoms with Gasteiger partial charge in [0.25, 0.3) is 0 Å². The number of benzene rings is 1. The second-order valence-corrected chi connectivity index (χ2v) is 11.5. The highest BCUT2D eigenvalue weighted by Gasteiger charge is 2.61. The zero-order valence-electron chi connectivity index (χ0n) is 16.9. The van der Waals surface area contributed by atoms with Crippen LogP contribution >= 0.6 is 0 Å². The molecule has 1 N–H and O–H groups in total. The van der Waals surface area contributed by atoms with E-state index in [1.807, 2.05) is 6.07 Å². The van der Waals surface area contributed by atoms with Gasteiger partial charge in [0.15, 0.2) is 0 Å². The molecule has 5 heteroatoms. The van der Waals surface area contributed by atoms with Crippen LogP contribution in [0.25, 0.3) is 0 Å². The van der Waals surface area contributed by atoms with Crippen molar-refractivity contribution in [3.8, 4) is 18.1 Å². The van der Waals surface area contributed by atoms with Crippen LogP contribution in [0.15, 0.2) is 18.2 Å². The maximum Gasteiger partial charge on any atom is 0.311 e. The van der Waals surface area contributed by atoms with E-state index in [1.54, 1.807) is 19.9 Å². The topological polar surface area (TPSA) is 63.6 Å². The first kappa shape index (κ1) is 19.8. The second kappa shape index (κ2) is 6.50. The standard InChI is InChI=1S/C23H30O4S/c1-5-23(24)13-11-21-20-8-6-16-14-17(27-28(25,26)15(2)3)7-9-18(16)19(20)10-12-22(21,23)4/h1,7,9,14-15,19-21,24H,6,8,10-13H2,2-4H3. The molecular formula is C23H30O4S. The van der Waals surface area contributed by atoms with Crippen molar-refractivity contribution in [1.29, 1.82) is 0 Å². The van der Waals surface area contributed by atoms with Gasteiger partial charge in [0.05, 0.1) is 5.25 Å². The lowest BCUT2D eigenvalue weighted by atomic mass is 9.53. The lowest BCUT2D eigenvalue weighted by Gasteiger charge is -2.52. The van der Waals surface area contributed by atoms with Crippen LogP contribution in [0.4, 0.5) is 0 Å². The third kappa shape index (κ3) is 2.80. The Morgan fingerprint density at radius 2 is 2.00 bits per heavy atom. The van der Waals surface area contributed by atoms with Gasteiger partial charge in [-0.05, 0) is 93.4 Å². The highest BCUT2D eigenvalue weighted by Crippen LogP contribution is 2.64. The fourth-order valence-electron chi connectivity index (χ4n) is 6.09. The minimum absolute atomic E-state index is 0.200. The summed E-state index contributed by atoms with van der Waals surface area (Å²) in [6.07, 6.45) is 11.3. The Morgan fingerprint density at radius 1 is 1.25 bits per heavy atom. The van der Waals surface area contributed by atoms with Crippen LogP contribution in [0.1, 0.15) is 69.9 Å². The zero-order valence-corrected chi connectivity index (χ0v) is 17.8. The van der Waals surface area contributed by atoms with Crippen molar-refractivity contribution in [2.75, 3.05) is 0 Å². The van der Waals surface area contributed by atoms with Gasteiger partial charge in [0, 0.05) is 5.41 Å². The van der Waals surface area contributed by atoms with Gasteiger partial charge in [-0.3, -0.25) is 0 Å². The van der Waals surface area contributed by atoms with Gasteiger partial charge >= 0.3 is 10.1 Å². The molecule has 5 unspecified atom stereocenters. The van der Waals surface area contributed by atoms with Crippen molar-refractivity contribution in [2.45, 2.75) is 76.1 Å². The molecule has 1 aromatic rings. The van der Waals surface area contributed by atoms with E-state index in [9.17, 15) is 13.5 Å². The first-order valence-corrected chi connectivity index (χ1v) is 11.8. The van der Waals surface area contributed by atoms with Gasteiger partial charge in [-0.1, -0.05) is 18.9 Å². The van der Waals surface area contributed by atoms with Crippen molar-refractivity contribution in [1.82, 2.24) is 0 Å². The number of aryl methyl sites for hydroxylation is 1. The Morgan fingerprint density at radius 3 is 2.68 bits per heavy atom. The molecule has 0 bridgehead atoms. The minimum Gasteiger partial charge on any atom is -0.382 e. The summed E-state index contributed by atoms with van der Waals surface area (Å²) < 4.78 is 29.5. The Kier molecular flexibility index (Phi) is 4.60. The number of terminal acetylenes is 1. The summed E-state index contributed by atoms with van der Waals surface area (Å²) in [5.41, 5.74) is 1.34. The smallest absolute Gasteiger partial charge is 0.311 e. The van der Waals surface area contributed by atoms with E-state index in [0.717, 1.165) is 32.1 Å². The molecule has 0 saturated heterocycles. The van der Waals surface area contributed by atoms with Crippen molar-refractivity contribution >= 4 is 10.1 Å². The quantitative estimate of drug-likeness (QED) is 0.613. The molecule has 4 rings (SSSR count). The van der Waals surface area contributed by atoms with Gasteiger partial charge in [0.1, 0.15) is 11.4 Å². The second-order valence-electron chi connectivity index (χ2n) is 9.40. The summed E-state index contributed by atoms with van der Waals surface area (Å²) in [5.74, 6) is 4.55. The fourth-order valence-corrected chi connectivity index (χ4v) is 6.66. The molecule has 2 saturated carbocycles. The molecule has 0 aromatic heterocycles. The number of hydrogen-bond donors (Lipinski definition) is 1. The first-order valence-electron chi connectivity index (χ1n) is 10.4. The lowest BCUT2D eigenvalue weighted by molar-refractivity contribution is -0.0646. The van der Waals surface area contributed by atoms with Crippen LogP contribution in [0.2, 0.25) is 0 Å². The predicted octanol–water partition coefficient (Wildman–Crippen LogP) is 4.02. The van der Waals surface area contributed by atoms with Crippen LogP contribution in [-0.2, 0) is 16.5 Å². The molecule has 28 heavy (non-hydrogen) atoms. The van der Waals surface area contributed by atoms with Gasteiger partial charge in [-0.25, -0.2) is 0 Å². The van der Waals surface area contributed by atoms with Crippen LogP contribution in [0.5, 0.6) is 5.75 Å². The Bertz CT molecular complexity index is 928. The molecule has 3 aliphatic carbocycles. The summed E-state index contributed by atoms with van der Waals surface area (Å²) in [7, 11) is -3.58. The van der Waals surface area contributed by atoms with Gasteiger partial charge in [0.2, 0.25) is 0 Å². The third-order valence-electron chi connectivity index (χ3n) is 7.88. The maximum atomic E-state index is 12.1. The highest BCUT2D eigenvalue weighted by molar-refractivity contribution is 7.87. The maximum absolute atomic E-state index is 12.1. The van der Waals surface area contributed by atoms with Gasteiger partial charge in [-0.15, -0.1) is 6.42 Å². The van der Waals surface area contributed by atoms with Crippen LogP contribution in [0, 0.1) is 29.6 Å². The summed E-state index contributed by atoms with van der Waals surface area (Å²) >= 11 is 0. The van der Waals surface area contributed by atoms with Crippen molar-refractivity contribution in [3.63, 3.8) is 0 Å². The number of rotatable bonds is 3. The van der Waals surface area contributed by atoms with Gasteiger partial charge < -0.3 is 9.29 Å². The van der Waals surface area contributed by atoms with Crippen molar-refractivity contribution in [3.05, 3.63) is 29.3 Å². The Balaban J connectivity index is 1.61. The summed E-state index contributed by atoms with van der Waals surface area (Å²) in [6.45, 7) is 5.43. The molecule has 0 amide bonds. The summed E-state index contributed by atoms with van der Waals surface area (Å²) in [5, 5.41) is 10.5.